The molecular formula is C20H19N3O3S. The highest BCUT2D eigenvalue weighted by Crippen LogP contribution is 2.19. The lowest BCUT2D eigenvalue weighted by Gasteiger charge is -2.05. The van der Waals surface area contributed by atoms with Crippen molar-refractivity contribution in [3.63, 3.8) is 0 Å². The summed E-state index contributed by atoms with van der Waals surface area (Å²) in [5.41, 5.74) is 3.01. The van der Waals surface area contributed by atoms with Crippen LogP contribution in [0.1, 0.15) is 11.1 Å². The van der Waals surface area contributed by atoms with E-state index in [1.807, 2.05) is 55.5 Å². The van der Waals surface area contributed by atoms with E-state index >= 15 is 0 Å². The summed E-state index contributed by atoms with van der Waals surface area (Å²) < 4.78 is 5.11. The second-order valence-corrected chi connectivity index (χ2v) is 6.84. The van der Waals surface area contributed by atoms with Gasteiger partial charge in [0.25, 0.3) is 5.91 Å². The standard InChI is InChI=1S/C20H19N3O3S/c1-13-3-7-15(8-4-13)21-18(24)12-27-20-22-17(19(25)23-20)11-14-5-9-16(26-2)10-6-14/h3-11H,12H2,1-2H3,(H,21,24)(H,22,23,25)/b17-11+. The van der Waals surface area contributed by atoms with Crippen LogP contribution in [0.25, 0.3) is 6.08 Å². The summed E-state index contributed by atoms with van der Waals surface area (Å²) in [6.45, 7) is 1.99. The maximum Gasteiger partial charge on any atom is 0.275 e. The van der Waals surface area contributed by atoms with Crippen LogP contribution in [0.2, 0.25) is 0 Å². The lowest BCUT2D eigenvalue weighted by atomic mass is 10.2. The largest absolute Gasteiger partial charge is 0.497 e. The molecule has 0 atom stereocenters. The second kappa shape index (κ2) is 8.55. The summed E-state index contributed by atoms with van der Waals surface area (Å²) >= 11 is 1.18. The Morgan fingerprint density at radius 3 is 2.56 bits per heavy atom. The van der Waals surface area contributed by atoms with Crippen molar-refractivity contribution in [2.45, 2.75) is 6.92 Å². The van der Waals surface area contributed by atoms with Gasteiger partial charge in [0.1, 0.15) is 11.4 Å². The van der Waals surface area contributed by atoms with Crippen molar-refractivity contribution in [3.8, 4) is 5.75 Å². The van der Waals surface area contributed by atoms with Crippen LogP contribution < -0.4 is 15.4 Å². The number of hydrogen-bond donors (Lipinski definition) is 2. The predicted octanol–water partition coefficient (Wildman–Crippen LogP) is 3.20. The minimum atomic E-state index is -0.285. The number of amides is 2. The van der Waals surface area contributed by atoms with Crippen molar-refractivity contribution in [2.24, 2.45) is 4.99 Å². The number of aliphatic imine (C=N–C) groups is 1. The Kier molecular flexibility index (Phi) is 5.93. The zero-order valence-electron chi connectivity index (χ0n) is 15.0. The van der Waals surface area contributed by atoms with Crippen molar-refractivity contribution < 1.29 is 14.3 Å². The summed E-state index contributed by atoms with van der Waals surface area (Å²) in [4.78, 5) is 28.4. The van der Waals surface area contributed by atoms with E-state index in [0.717, 1.165) is 22.6 Å². The van der Waals surface area contributed by atoms with Gasteiger partial charge in [0, 0.05) is 5.69 Å². The lowest BCUT2D eigenvalue weighted by Crippen LogP contribution is -2.23. The van der Waals surface area contributed by atoms with Crippen molar-refractivity contribution in [1.82, 2.24) is 5.32 Å². The lowest BCUT2D eigenvalue weighted by molar-refractivity contribution is -0.116. The summed E-state index contributed by atoms with van der Waals surface area (Å²) in [5, 5.41) is 5.90. The zero-order valence-corrected chi connectivity index (χ0v) is 15.8. The SMILES string of the molecule is COc1ccc(/C=C2/N=C(SCC(=O)Nc3ccc(C)cc3)NC2=O)cc1. The Morgan fingerprint density at radius 1 is 1.19 bits per heavy atom. The summed E-state index contributed by atoms with van der Waals surface area (Å²) in [5.74, 6) is 0.455. The first-order chi connectivity index (χ1) is 13.0. The fourth-order valence-corrected chi connectivity index (χ4v) is 3.01. The highest BCUT2D eigenvalue weighted by atomic mass is 32.2. The third kappa shape index (κ3) is 5.21. The van der Waals surface area contributed by atoms with Crippen LogP contribution in [0, 0.1) is 6.92 Å². The number of thioether (sulfide) groups is 1. The molecule has 0 fully saturated rings. The average molecular weight is 381 g/mol. The molecule has 0 aliphatic carbocycles. The van der Waals surface area contributed by atoms with Gasteiger partial charge in [-0.25, -0.2) is 4.99 Å². The Morgan fingerprint density at radius 2 is 1.89 bits per heavy atom. The van der Waals surface area contributed by atoms with Crippen LogP contribution in [-0.4, -0.2) is 29.8 Å². The van der Waals surface area contributed by atoms with Crippen LogP contribution in [0.3, 0.4) is 0 Å². The smallest absolute Gasteiger partial charge is 0.275 e. The van der Waals surface area contributed by atoms with Gasteiger partial charge >= 0.3 is 0 Å². The molecule has 1 heterocycles. The number of carbonyl (C=O) groups excluding carboxylic acids is 2. The van der Waals surface area contributed by atoms with E-state index < -0.39 is 0 Å². The molecule has 2 amide bonds. The van der Waals surface area contributed by atoms with E-state index in [-0.39, 0.29) is 17.6 Å². The Bertz CT molecular complexity index is 903. The van der Waals surface area contributed by atoms with E-state index in [1.54, 1.807) is 13.2 Å². The van der Waals surface area contributed by atoms with Gasteiger partial charge in [-0.05, 0) is 42.8 Å². The number of nitrogens with one attached hydrogen (secondary N) is 2. The molecule has 0 spiro atoms. The first-order valence-corrected chi connectivity index (χ1v) is 9.27. The maximum absolute atomic E-state index is 12.0. The van der Waals surface area contributed by atoms with Gasteiger partial charge in [-0.2, -0.15) is 0 Å². The summed E-state index contributed by atoms with van der Waals surface area (Å²) in [6.07, 6.45) is 1.69. The predicted molar refractivity (Wildman–Crippen MR) is 109 cm³/mol. The van der Waals surface area contributed by atoms with Gasteiger partial charge in [-0.15, -0.1) is 0 Å². The number of benzene rings is 2. The van der Waals surface area contributed by atoms with E-state index in [2.05, 4.69) is 15.6 Å². The molecule has 0 bridgehead atoms. The number of amidine groups is 1. The number of aryl methyl sites for hydroxylation is 1. The summed E-state index contributed by atoms with van der Waals surface area (Å²) in [6, 6.07) is 14.9. The first-order valence-electron chi connectivity index (χ1n) is 8.28. The number of ether oxygens (including phenoxy) is 1. The Labute approximate surface area is 161 Å². The molecule has 0 aromatic heterocycles. The Balaban J connectivity index is 1.57. The molecule has 1 aliphatic heterocycles. The van der Waals surface area contributed by atoms with Crippen molar-refractivity contribution in [3.05, 3.63) is 65.4 Å². The van der Waals surface area contributed by atoms with Crippen LogP contribution in [-0.2, 0) is 9.59 Å². The molecule has 27 heavy (non-hydrogen) atoms. The highest BCUT2D eigenvalue weighted by Gasteiger charge is 2.21. The highest BCUT2D eigenvalue weighted by molar-refractivity contribution is 8.14. The van der Waals surface area contributed by atoms with Gasteiger partial charge in [-0.1, -0.05) is 41.6 Å². The molecule has 0 radical (unpaired) electrons. The number of rotatable bonds is 5. The molecule has 2 aromatic rings. The van der Waals surface area contributed by atoms with Gasteiger partial charge in [0.2, 0.25) is 5.91 Å². The number of hydrogen-bond acceptors (Lipinski definition) is 5. The molecule has 1 aliphatic rings. The molecule has 7 heteroatoms. The van der Waals surface area contributed by atoms with Crippen LogP contribution in [0.4, 0.5) is 5.69 Å². The molecule has 0 saturated carbocycles. The summed E-state index contributed by atoms with van der Waals surface area (Å²) in [7, 11) is 1.60. The van der Waals surface area contributed by atoms with E-state index in [9.17, 15) is 9.59 Å². The average Bonchev–Trinajstić information content (AvgIpc) is 3.02. The van der Waals surface area contributed by atoms with Crippen LogP contribution in [0.15, 0.2) is 59.2 Å². The number of nitrogens with zero attached hydrogens (tertiary/aromatic N) is 1. The molecule has 2 aromatic carbocycles. The van der Waals surface area contributed by atoms with Crippen molar-refractivity contribution >= 4 is 40.5 Å². The topological polar surface area (TPSA) is 79.8 Å². The molecular weight excluding hydrogens is 362 g/mol. The Hall–Kier alpha value is -3.06. The van der Waals surface area contributed by atoms with Crippen molar-refractivity contribution in [1.29, 1.82) is 0 Å². The fraction of sp³-hybridized carbons (Fsp3) is 0.150. The minimum absolute atomic E-state index is 0.156. The number of carbonyl (C=O) groups is 2. The van der Waals surface area contributed by atoms with Crippen molar-refractivity contribution in [2.75, 3.05) is 18.2 Å². The third-order valence-corrected chi connectivity index (χ3v) is 4.64. The number of methoxy groups -OCH3 is 1. The molecule has 138 valence electrons. The first kappa shape index (κ1) is 18.7. The van der Waals surface area contributed by atoms with Gasteiger partial charge in [0.15, 0.2) is 5.17 Å². The maximum atomic E-state index is 12.0. The molecule has 3 rings (SSSR count). The fourth-order valence-electron chi connectivity index (χ4n) is 2.34. The van der Waals surface area contributed by atoms with Gasteiger partial charge in [0.05, 0.1) is 12.9 Å². The third-order valence-electron chi connectivity index (χ3n) is 3.77. The monoisotopic (exact) mass is 381 g/mol. The zero-order chi connectivity index (χ0) is 19.2. The quantitative estimate of drug-likeness (QED) is 0.780. The van der Waals surface area contributed by atoms with E-state index in [4.69, 9.17) is 4.74 Å². The van der Waals surface area contributed by atoms with Crippen LogP contribution >= 0.6 is 11.8 Å². The minimum Gasteiger partial charge on any atom is -0.497 e. The number of anilines is 1. The molecule has 2 N–H and O–H groups in total. The van der Waals surface area contributed by atoms with Gasteiger partial charge in [-0.3, -0.25) is 14.9 Å². The molecule has 6 nitrogen and oxygen atoms in total. The van der Waals surface area contributed by atoms with Gasteiger partial charge < -0.3 is 10.1 Å². The van der Waals surface area contributed by atoms with E-state index in [1.165, 1.54) is 11.8 Å². The molecule has 0 saturated heterocycles. The van der Waals surface area contributed by atoms with E-state index in [0.29, 0.717) is 10.9 Å². The van der Waals surface area contributed by atoms with Crippen LogP contribution in [0.5, 0.6) is 5.75 Å². The molecule has 0 unspecified atom stereocenters. The second-order valence-electron chi connectivity index (χ2n) is 5.88. The normalized spacial score (nSPS) is 14.7.